The van der Waals surface area contributed by atoms with E-state index in [2.05, 4.69) is 17.3 Å². The summed E-state index contributed by atoms with van der Waals surface area (Å²) in [5.74, 6) is 1.58. The smallest absolute Gasteiger partial charge is 0.318 e. The van der Waals surface area contributed by atoms with Gasteiger partial charge < -0.3 is 24.6 Å². The molecular weight excluding hydrogens is 294 g/mol. The second-order valence-electron chi connectivity index (χ2n) is 6.66. The van der Waals surface area contributed by atoms with Gasteiger partial charge in [-0.15, -0.1) is 0 Å². The summed E-state index contributed by atoms with van der Waals surface area (Å²) in [5, 5.41) is 3.25. The van der Waals surface area contributed by atoms with E-state index in [1.54, 1.807) is 0 Å². The maximum absolute atomic E-state index is 12.6. The number of rotatable bonds is 2. The first-order chi connectivity index (χ1) is 11.2. The average Bonchev–Trinajstić information content (AvgIpc) is 3.35. The third-order valence-corrected chi connectivity index (χ3v) is 4.98. The highest BCUT2D eigenvalue weighted by Crippen LogP contribution is 2.48. The summed E-state index contributed by atoms with van der Waals surface area (Å²) >= 11 is 0. The van der Waals surface area contributed by atoms with Crippen LogP contribution in [0.1, 0.15) is 18.4 Å². The second kappa shape index (κ2) is 5.60. The van der Waals surface area contributed by atoms with Gasteiger partial charge in [0, 0.05) is 26.2 Å². The Kier molecular flexibility index (Phi) is 3.56. The van der Waals surface area contributed by atoms with Crippen LogP contribution in [-0.4, -0.2) is 62.3 Å². The molecule has 1 N–H and O–H groups in total. The van der Waals surface area contributed by atoms with Gasteiger partial charge in [-0.3, -0.25) is 0 Å². The standard InChI is InChI=1S/C17H23N3O3/c1-19-6-8-20(9-7-19)16(21)18-17(4-5-17)13-2-3-14-15(12-13)23-11-10-22-14/h2-3,12H,4-11H2,1H3,(H,18,21). The van der Waals surface area contributed by atoms with Crippen LogP contribution in [0.3, 0.4) is 0 Å². The van der Waals surface area contributed by atoms with Crippen LogP contribution >= 0.6 is 0 Å². The highest BCUT2D eigenvalue weighted by molar-refractivity contribution is 5.76. The summed E-state index contributed by atoms with van der Waals surface area (Å²) in [4.78, 5) is 16.7. The van der Waals surface area contributed by atoms with Crippen LogP contribution in [0.5, 0.6) is 11.5 Å². The van der Waals surface area contributed by atoms with E-state index in [0.717, 1.165) is 56.1 Å². The molecule has 0 radical (unpaired) electrons. The fraction of sp³-hybridized carbons (Fsp3) is 0.588. The molecule has 124 valence electrons. The Morgan fingerprint density at radius 1 is 1.09 bits per heavy atom. The van der Waals surface area contributed by atoms with E-state index >= 15 is 0 Å². The minimum Gasteiger partial charge on any atom is -0.486 e. The number of amides is 2. The summed E-state index contributed by atoms with van der Waals surface area (Å²) in [5.41, 5.74) is 0.889. The van der Waals surface area contributed by atoms with Gasteiger partial charge >= 0.3 is 6.03 Å². The first kappa shape index (κ1) is 14.6. The Morgan fingerprint density at radius 2 is 1.78 bits per heavy atom. The predicted octanol–water partition coefficient (Wildman–Crippen LogP) is 1.40. The quantitative estimate of drug-likeness (QED) is 0.896. The summed E-state index contributed by atoms with van der Waals surface area (Å²) in [6.07, 6.45) is 1.96. The average molecular weight is 317 g/mol. The van der Waals surface area contributed by atoms with Gasteiger partial charge in [-0.25, -0.2) is 4.79 Å². The van der Waals surface area contributed by atoms with Crippen LogP contribution in [0.25, 0.3) is 0 Å². The van der Waals surface area contributed by atoms with Crippen molar-refractivity contribution in [3.8, 4) is 11.5 Å². The molecule has 6 heteroatoms. The van der Waals surface area contributed by atoms with E-state index in [4.69, 9.17) is 9.47 Å². The lowest BCUT2D eigenvalue weighted by molar-refractivity contribution is 0.150. The van der Waals surface area contributed by atoms with Gasteiger partial charge in [0.05, 0.1) is 5.54 Å². The predicted molar refractivity (Wildman–Crippen MR) is 85.9 cm³/mol. The number of hydrogen-bond donors (Lipinski definition) is 1. The van der Waals surface area contributed by atoms with Gasteiger partial charge in [-0.2, -0.15) is 0 Å². The van der Waals surface area contributed by atoms with Gasteiger partial charge in [0.15, 0.2) is 11.5 Å². The zero-order chi connectivity index (χ0) is 15.9. The number of carbonyl (C=O) groups excluding carboxylic acids is 1. The Morgan fingerprint density at radius 3 is 2.48 bits per heavy atom. The molecule has 0 spiro atoms. The minimum absolute atomic E-state index is 0.0467. The normalized spacial score (nSPS) is 22.6. The summed E-state index contributed by atoms with van der Waals surface area (Å²) in [6.45, 7) is 4.63. The molecule has 1 aliphatic carbocycles. The Bertz CT molecular complexity index is 607. The number of fused-ring (bicyclic) bond motifs is 1. The highest BCUT2D eigenvalue weighted by Gasteiger charge is 2.47. The molecule has 2 fully saturated rings. The van der Waals surface area contributed by atoms with Crippen LogP contribution in [-0.2, 0) is 5.54 Å². The third-order valence-electron chi connectivity index (χ3n) is 4.98. The molecular formula is C17H23N3O3. The lowest BCUT2D eigenvalue weighted by atomic mass is 10.0. The van der Waals surface area contributed by atoms with Crippen molar-refractivity contribution in [3.05, 3.63) is 23.8 Å². The fourth-order valence-electron chi connectivity index (χ4n) is 3.25. The number of urea groups is 1. The van der Waals surface area contributed by atoms with Gasteiger partial charge in [-0.1, -0.05) is 6.07 Å². The molecule has 23 heavy (non-hydrogen) atoms. The Hall–Kier alpha value is -1.95. The largest absolute Gasteiger partial charge is 0.486 e. The Balaban J connectivity index is 1.47. The first-order valence-corrected chi connectivity index (χ1v) is 8.32. The van der Waals surface area contributed by atoms with Crippen LogP contribution < -0.4 is 14.8 Å². The lowest BCUT2D eigenvalue weighted by Gasteiger charge is -2.34. The number of piperazine rings is 1. The van der Waals surface area contributed by atoms with Crippen LogP contribution in [0.15, 0.2) is 18.2 Å². The third kappa shape index (κ3) is 2.83. The summed E-state index contributed by atoms with van der Waals surface area (Å²) in [6, 6.07) is 6.06. The first-order valence-electron chi connectivity index (χ1n) is 8.32. The molecule has 2 aliphatic heterocycles. The van der Waals surface area contributed by atoms with Crippen LogP contribution in [0.2, 0.25) is 0 Å². The molecule has 0 atom stereocenters. The molecule has 0 unspecified atom stereocenters. The van der Waals surface area contributed by atoms with E-state index in [1.807, 2.05) is 23.1 Å². The molecule has 2 heterocycles. The molecule has 1 saturated carbocycles. The maximum atomic E-state index is 12.6. The second-order valence-corrected chi connectivity index (χ2v) is 6.66. The molecule has 1 aromatic carbocycles. The van der Waals surface area contributed by atoms with E-state index < -0.39 is 0 Å². The van der Waals surface area contributed by atoms with Crippen molar-refractivity contribution in [2.75, 3.05) is 46.4 Å². The fourth-order valence-corrected chi connectivity index (χ4v) is 3.25. The van der Waals surface area contributed by atoms with Crippen molar-refractivity contribution in [1.82, 2.24) is 15.1 Å². The maximum Gasteiger partial charge on any atom is 0.318 e. The topological polar surface area (TPSA) is 54.0 Å². The summed E-state index contributed by atoms with van der Waals surface area (Å²) in [7, 11) is 2.09. The van der Waals surface area contributed by atoms with E-state index in [1.165, 1.54) is 0 Å². The highest BCUT2D eigenvalue weighted by atomic mass is 16.6. The number of nitrogens with one attached hydrogen (secondary N) is 1. The van der Waals surface area contributed by atoms with E-state index in [9.17, 15) is 4.79 Å². The van der Waals surface area contributed by atoms with E-state index in [0.29, 0.717) is 13.2 Å². The number of benzene rings is 1. The molecule has 2 amide bonds. The van der Waals surface area contributed by atoms with Crippen molar-refractivity contribution < 1.29 is 14.3 Å². The van der Waals surface area contributed by atoms with Crippen molar-refractivity contribution in [2.24, 2.45) is 0 Å². The Labute approximate surface area is 136 Å². The zero-order valence-corrected chi connectivity index (χ0v) is 13.5. The van der Waals surface area contributed by atoms with Gasteiger partial charge in [0.25, 0.3) is 0 Å². The molecule has 1 aromatic rings. The lowest BCUT2D eigenvalue weighted by Crippen LogP contribution is -2.52. The van der Waals surface area contributed by atoms with Crippen LogP contribution in [0.4, 0.5) is 4.79 Å². The number of nitrogens with zero attached hydrogens (tertiary/aromatic N) is 2. The molecule has 3 aliphatic rings. The van der Waals surface area contributed by atoms with Gasteiger partial charge in [0.2, 0.25) is 0 Å². The molecule has 0 bridgehead atoms. The number of carbonyl (C=O) groups is 1. The zero-order valence-electron chi connectivity index (χ0n) is 13.5. The van der Waals surface area contributed by atoms with E-state index in [-0.39, 0.29) is 11.6 Å². The molecule has 1 saturated heterocycles. The number of hydrogen-bond acceptors (Lipinski definition) is 4. The summed E-state index contributed by atoms with van der Waals surface area (Å²) < 4.78 is 11.2. The molecule has 6 nitrogen and oxygen atoms in total. The van der Waals surface area contributed by atoms with Crippen molar-refractivity contribution in [2.45, 2.75) is 18.4 Å². The molecule has 0 aromatic heterocycles. The molecule has 4 rings (SSSR count). The van der Waals surface area contributed by atoms with Gasteiger partial charge in [-0.05, 0) is 37.6 Å². The van der Waals surface area contributed by atoms with Crippen molar-refractivity contribution >= 4 is 6.03 Å². The SMILES string of the molecule is CN1CCN(C(=O)NC2(c3ccc4c(c3)OCCO4)CC2)CC1. The number of ether oxygens (including phenoxy) is 2. The van der Waals surface area contributed by atoms with Gasteiger partial charge in [0.1, 0.15) is 13.2 Å². The van der Waals surface area contributed by atoms with Crippen molar-refractivity contribution in [1.29, 1.82) is 0 Å². The minimum atomic E-state index is -0.226. The van der Waals surface area contributed by atoms with Crippen LogP contribution in [0, 0.1) is 0 Å². The number of likely N-dealkylation sites (N-methyl/N-ethyl adjacent to an activating group) is 1. The van der Waals surface area contributed by atoms with Crippen molar-refractivity contribution in [3.63, 3.8) is 0 Å². The monoisotopic (exact) mass is 317 g/mol.